The Bertz CT molecular complexity index is 1090. The van der Waals surface area contributed by atoms with Crippen molar-refractivity contribution in [2.45, 2.75) is 32.0 Å². The number of fused-ring (bicyclic) bond motifs is 1. The van der Waals surface area contributed by atoms with E-state index in [1.807, 2.05) is 0 Å². The lowest BCUT2D eigenvalue weighted by molar-refractivity contribution is -0.118. The number of allylic oxidation sites excluding steroid dienone is 1. The van der Waals surface area contributed by atoms with Gasteiger partial charge in [-0.3, -0.25) is 9.59 Å². The molecule has 0 saturated heterocycles. The molecule has 0 amide bonds. The number of benzene rings is 1. The van der Waals surface area contributed by atoms with E-state index in [1.54, 1.807) is 6.92 Å². The van der Waals surface area contributed by atoms with Crippen molar-refractivity contribution in [1.82, 2.24) is 10.2 Å². The first kappa shape index (κ1) is 20.4. The zero-order valence-electron chi connectivity index (χ0n) is 16.7. The Kier molecular flexibility index (Phi) is 4.82. The Morgan fingerprint density at radius 3 is 2.63 bits per heavy atom. The van der Waals surface area contributed by atoms with Gasteiger partial charge in [0.25, 0.3) is 0 Å². The van der Waals surface area contributed by atoms with Crippen LogP contribution in [0.3, 0.4) is 0 Å². The third-order valence-corrected chi connectivity index (χ3v) is 5.72. The number of ether oxygens (including phenoxy) is 3. The molecule has 0 radical (unpaired) electrons. The maximum absolute atomic E-state index is 13.6. The van der Waals surface area contributed by atoms with Gasteiger partial charge in [0.15, 0.2) is 17.3 Å². The number of aliphatic hydroxyl groups is 1. The Labute approximate surface area is 176 Å². The molecule has 1 unspecified atom stereocenters. The molecule has 0 saturated carbocycles. The highest BCUT2D eigenvalue weighted by molar-refractivity contribution is 6.36. The maximum Gasteiger partial charge on any atom is 0.249 e. The minimum atomic E-state index is -1.53. The molecular weight excluding hydrogens is 416 g/mol. The fourth-order valence-corrected chi connectivity index (χ4v) is 4.11. The van der Waals surface area contributed by atoms with Crippen LogP contribution in [0.15, 0.2) is 22.3 Å². The summed E-state index contributed by atoms with van der Waals surface area (Å²) in [5.74, 6) is -0.639. The number of ketones is 2. The summed E-state index contributed by atoms with van der Waals surface area (Å²) < 4.78 is 22.4. The fraction of sp³-hybridized carbons (Fsp3) is 0.400. The van der Waals surface area contributed by atoms with Crippen LogP contribution in [0.4, 0.5) is 0 Å². The van der Waals surface area contributed by atoms with Crippen LogP contribution in [-0.4, -0.2) is 46.7 Å². The minimum absolute atomic E-state index is 0.0121. The topological polar surface area (TPSA) is 121 Å². The van der Waals surface area contributed by atoms with Gasteiger partial charge in [0, 0.05) is 18.4 Å². The summed E-state index contributed by atoms with van der Waals surface area (Å²) in [6.07, 6.45) is 0.427. The average molecular weight is 435 g/mol. The maximum atomic E-state index is 13.6. The van der Waals surface area contributed by atoms with Crippen LogP contribution in [0.1, 0.15) is 42.6 Å². The van der Waals surface area contributed by atoms with Gasteiger partial charge in [0.2, 0.25) is 23.2 Å². The molecule has 1 aromatic carbocycles. The summed E-state index contributed by atoms with van der Waals surface area (Å²) in [7, 11) is 2.78. The number of hydrogen-bond donors (Lipinski definition) is 1. The summed E-state index contributed by atoms with van der Waals surface area (Å²) in [4.78, 5) is 25.6. The summed E-state index contributed by atoms with van der Waals surface area (Å²) in [6.45, 7) is 3.22. The van der Waals surface area contributed by atoms with Gasteiger partial charge in [-0.2, -0.15) is 0 Å². The van der Waals surface area contributed by atoms with Gasteiger partial charge in [-0.25, -0.2) is 0 Å². The summed E-state index contributed by atoms with van der Waals surface area (Å²) in [6, 6.07) is 1.50. The summed E-state index contributed by atoms with van der Waals surface area (Å²) >= 11 is 6.59. The summed E-state index contributed by atoms with van der Waals surface area (Å²) in [5, 5.41) is 17.4. The second-order valence-electron chi connectivity index (χ2n) is 7.22. The van der Waals surface area contributed by atoms with Gasteiger partial charge in [0.1, 0.15) is 17.4 Å². The van der Waals surface area contributed by atoms with E-state index < -0.39 is 23.4 Å². The van der Waals surface area contributed by atoms with E-state index in [0.29, 0.717) is 0 Å². The number of methoxy groups -OCH3 is 2. The number of nitrogens with zero attached hydrogens (tertiary/aromatic N) is 2. The van der Waals surface area contributed by atoms with Crippen molar-refractivity contribution in [2.75, 3.05) is 14.2 Å². The molecule has 158 valence electrons. The van der Waals surface area contributed by atoms with Gasteiger partial charge in [-0.15, -0.1) is 10.2 Å². The van der Waals surface area contributed by atoms with Crippen LogP contribution in [0.5, 0.6) is 11.5 Å². The van der Waals surface area contributed by atoms with Gasteiger partial charge >= 0.3 is 0 Å². The molecule has 1 aliphatic carbocycles. The highest BCUT2D eigenvalue weighted by Crippen LogP contribution is 2.54. The molecule has 0 fully saturated rings. The Balaban J connectivity index is 1.91. The predicted octanol–water partition coefficient (Wildman–Crippen LogP) is 2.91. The molecule has 3 atom stereocenters. The van der Waals surface area contributed by atoms with Crippen molar-refractivity contribution in [1.29, 1.82) is 0 Å². The number of Topliss-reactive ketones (excluding diaryl/α,β-unsaturated/α-hetero) is 1. The Morgan fingerprint density at radius 2 is 2.03 bits per heavy atom. The van der Waals surface area contributed by atoms with Crippen LogP contribution in [-0.2, 0) is 9.53 Å². The van der Waals surface area contributed by atoms with Gasteiger partial charge in [-0.05, 0) is 13.0 Å². The van der Waals surface area contributed by atoms with Crippen molar-refractivity contribution in [3.63, 3.8) is 0 Å². The highest BCUT2D eigenvalue weighted by Gasteiger charge is 2.59. The monoisotopic (exact) mass is 434 g/mol. The molecule has 30 heavy (non-hydrogen) atoms. The second-order valence-corrected chi connectivity index (χ2v) is 7.59. The summed E-state index contributed by atoms with van der Waals surface area (Å²) in [5.41, 5.74) is -1.11. The SMILES string of the molecule is COC1=CC(=O)CC(C)[C@]12Oc1c(Cl)c(-c3nnc([C@H](C)O)o3)cc(OC)c1C2=O. The van der Waals surface area contributed by atoms with Crippen LogP contribution in [0.25, 0.3) is 11.5 Å². The number of carbonyl (C=O) groups is 2. The first-order valence-electron chi connectivity index (χ1n) is 9.19. The number of rotatable bonds is 4. The lowest BCUT2D eigenvalue weighted by Gasteiger charge is -2.36. The van der Waals surface area contributed by atoms with E-state index in [-0.39, 0.29) is 57.4 Å². The molecule has 1 N–H and O–H groups in total. The molecule has 9 nitrogen and oxygen atoms in total. The Hall–Kier alpha value is -2.91. The van der Waals surface area contributed by atoms with Crippen molar-refractivity contribution in [2.24, 2.45) is 5.92 Å². The molecule has 4 rings (SSSR count). The van der Waals surface area contributed by atoms with Crippen molar-refractivity contribution in [3.05, 3.63) is 34.4 Å². The van der Waals surface area contributed by atoms with Crippen LogP contribution < -0.4 is 9.47 Å². The zero-order chi connectivity index (χ0) is 21.8. The molecule has 1 spiro atoms. The normalized spacial score (nSPS) is 23.8. The molecule has 1 aliphatic heterocycles. The van der Waals surface area contributed by atoms with Crippen molar-refractivity contribution >= 4 is 23.2 Å². The molecular formula is C20H19ClN2O7. The largest absolute Gasteiger partial charge is 0.496 e. The molecule has 1 aromatic heterocycles. The number of aromatic nitrogens is 2. The fourth-order valence-electron chi connectivity index (χ4n) is 3.84. The van der Waals surface area contributed by atoms with Crippen LogP contribution in [0, 0.1) is 5.92 Å². The lowest BCUT2D eigenvalue weighted by atomic mass is 9.75. The lowest BCUT2D eigenvalue weighted by Crippen LogP contribution is -2.51. The van der Waals surface area contributed by atoms with E-state index in [4.69, 9.17) is 30.2 Å². The predicted molar refractivity (Wildman–Crippen MR) is 103 cm³/mol. The van der Waals surface area contributed by atoms with E-state index in [1.165, 1.54) is 33.3 Å². The number of halogens is 1. The van der Waals surface area contributed by atoms with Gasteiger partial charge < -0.3 is 23.7 Å². The minimum Gasteiger partial charge on any atom is -0.496 e. The number of hydrogen-bond acceptors (Lipinski definition) is 9. The first-order chi connectivity index (χ1) is 14.2. The smallest absolute Gasteiger partial charge is 0.249 e. The third-order valence-electron chi connectivity index (χ3n) is 5.34. The molecule has 0 bridgehead atoms. The molecule has 2 aliphatic rings. The van der Waals surface area contributed by atoms with Crippen LogP contribution in [0.2, 0.25) is 5.02 Å². The van der Waals surface area contributed by atoms with E-state index in [2.05, 4.69) is 10.2 Å². The average Bonchev–Trinajstić information content (AvgIpc) is 3.31. The van der Waals surface area contributed by atoms with Gasteiger partial charge in [0.05, 0.1) is 24.8 Å². The van der Waals surface area contributed by atoms with Crippen LogP contribution >= 0.6 is 11.6 Å². The molecule has 10 heteroatoms. The van der Waals surface area contributed by atoms with E-state index in [9.17, 15) is 14.7 Å². The van der Waals surface area contributed by atoms with E-state index in [0.717, 1.165) is 0 Å². The molecule has 2 aromatic rings. The first-order valence-corrected chi connectivity index (χ1v) is 9.57. The zero-order valence-corrected chi connectivity index (χ0v) is 17.4. The Morgan fingerprint density at radius 1 is 1.30 bits per heavy atom. The van der Waals surface area contributed by atoms with Crippen molar-refractivity contribution in [3.8, 4) is 23.0 Å². The standard InChI is InChI=1S/C20H19ClN2O7/c1-8-5-10(25)6-13(28-4)20(8)17(26)14-12(27-3)7-11(15(21)16(14)30-20)19-23-22-18(29-19)9(2)24/h6-9,24H,5H2,1-4H3/t8?,9-,20-/m0/s1. The second kappa shape index (κ2) is 7.10. The number of carbonyl (C=O) groups excluding carboxylic acids is 2. The highest BCUT2D eigenvalue weighted by atomic mass is 35.5. The third kappa shape index (κ3) is 2.73. The number of aliphatic hydroxyl groups excluding tert-OH is 1. The van der Waals surface area contributed by atoms with Gasteiger partial charge in [-0.1, -0.05) is 18.5 Å². The molecule has 2 heterocycles. The van der Waals surface area contributed by atoms with Crippen molar-refractivity contribution < 1.29 is 33.3 Å². The van der Waals surface area contributed by atoms with E-state index >= 15 is 0 Å². The quantitative estimate of drug-likeness (QED) is 0.773.